The smallest absolute Gasteiger partial charge is 0.287 e. The topological polar surface area (TPSA) is 46.9 Å². The molecule has 0 aliphatic rings. The van der Waals surface area contributed by atoms with Gasteiger partial charge in [-0.05, 0) is 6.42 Å². The molecule has 1 unspecified atom stereocenters. The minimum absolute atomic E-state index is 0.100. The van der Waals surface area contributed by atoms with E-state index < -0.39 is 0 Å². The van der Waals surface area contributed by atoms with Gasteiger partial charge in [0.1, 0.15) is 5.02 Å². The van der Waals surface area contributed by atoms with E-state index in [9.17, 15) is 4.79 Å². The monoisotopic (exact) mass is 265 g/mol. The van der Waals surface area contributed by atoms with Gasteiger partial charge in [0.15, 0.2) is 0 Å². The number of anilines is 1. The van der Waals surface area contributed by atoms with Crippen LogP contribution in [0.15, 0.2) is 23.6 Å². The van der Waals surface area contributed by atoms with Crippen LogP contribution in [0.2, 0.25) is 5.02 Å². The summed E-state index contributed by atoms with van der Waals surface area (Å²) in [5.41, 5.74) is 0.118. The second-order valence-electron chi connectivity index (χ2n) is 3.80. The molecule has 0 fully saturated rings. The lowest BCUT2D eigenvalue weighted by atomic mass is 10.2. The van der Waals surface area contributed by atoms with Crippen LogP contribution in [0.4, 0.5) is 5.69 Å². The number of nitrogens with one attached hydrogen (secondary N) is 1. The van der Waals surface area contributed by atoms with Crippen molar-refractivity contribution in [1.82, 2.24) is 9.78 Å². The molecule has 0 saturated heterocycles. The molecular formula is C13H16ClN3O. The number of rotatable bonds is 6. The van der Waals surface area contributed by atoms with Crippen LogP contribution in [0.25, 0.3) is 0 Å². The first-order valence-electron chi connectivity index (χ1n) is 5.73. The van der Waals surface area contributed by atoms with Crippen molar-refractivity contribution in [2.24, 2.45) is 0 Å². The van der Waals surface area contributed by atoms with Crippen molar-refractivity contribution >= 4 is 17.3 Å². The predicted molar refractivity (Wildman–Crippen MR) is 74.9 cm³/mol. The molecule has 1 atom stereocenters. The van der Waals surface area contributed by atoms with Crippen LogP contribution in [0.1, 0.15) is 19.8 Å². The summed E-state index contributed by atoms with van der Waals surface area (Å²) >= 11 is 6.00. The Kier molecular flexibility index (Phi) is 5.47. The van der Waals surface area contributed by atoms with Crippen LogP contribution < -0.4 is 10.9 Å². The fourth-order valence-electron chi connectivity index (χ4n) is 1.49. The molecule has 1 aromatic heterocycles. The summed E-state index contributed by atoms with van der Waals surface area (Å²) in [6.07, 6.45) is 10.2. The SMILES string of the molecule is C#CC(CCC)Nc1cnn(CC=C)c(=O)c1Cl. The third-order valence-electron chi connectivity index (χ3n) is 2.40. The molecule has 0 aromatic carbocycles. The summed E-state index contributed by atoms with van der Waals surface area (Å²) in [6, 6.07) is -0.149. The van der Waals surface area contributed by atoms with Crippen LogP contribution in [0.5, 0.6) is 0 Å². The van der Waals surface area contributed by atoms with E-state index in [1.165, 1.54) is 10.9 Å². The van der Waals surface area contributed by atoms with Crippen molar-refractivity contribution in [3.05, 3.63) is 34.2 Å². The number of hydrogen-bond acceptors (Lipinski definition) is 3. The van der Waals surface area contributed by atoms with Gasteiger partial charge in [0, 0.05) is 0 Å². The summed E-state index contributed by atoms with van der Waals surface area (Å²) in [5, 5.41) is 7.13. The molecule has 0 aliphatic heterocycles. The van der Waals surface area contributed by atoms with E-state index >= 15 is 0 Å². The molecule has 96 valence electrons. The third-order valence-corrected chi connectivity index (χ3v) is 2.76. The first-order valence-corrected chi connectivity index (χ1v) is 6.11. The van der Waals surface area contributed by atoms with Crippen molar-refractivity contribution in [1.29, 1.82) is 0 Å². The van der Waals surface area contributed by atoms with Crippen molar-refractivity contribution in [3.63, 3.8) is 0 Å². The predicted octanol–water partition coefficient (Wildman–Crippen LogP) is 2.30. The molecule has 1 heterocycles. The number of hydrogen-bond donors (Lipinski definition) is 1. The molecule has 0 spiro atoms. The highest BCUT2D eigenvalue weighted by Gasteiger charge is 2.11. The van der Waals surface area contributed by atoms with E-state index in [-0.39, 0.29) is 16.6 Å². The first kappa shape index (κ1) is 14.3. The minimum Gasteiger partial charge on any atom is -0.369 e. The minimum atomic E-state index is -0.353. The van der Waals surface area contributed by atoms with Crippen LogP contribution in [-0.2, 0) is 6.54 Å². The maximum Gasteiger partial charge on any atom is 0.287 e. The van der Waals surface area contributed by atoms with E-state index in [4.69, 9.17) is 18.0 Å². The van der Waals surface area contributed by atoms with Crippen LogP contribution in [-0.4, -0.2) is 15.8 Å². The second kappa shape index (κ2) is 6.87. The Balaban J connectivity index is 2.98. The zero-order valence-corrected chi connectivity index (χ0v) is 11.1. The van der Waals surface area contributed by atoms with Gasteiger partial charge in [0.2, 0.25) is 0 Å². The molecule has 4 nitrogen and oxygen atoms in total. The summed E-state index contributed by atoms with van der Waals surface area (Å²) in [7, 11) is 0. The number of terminal acetylenes is 1. The lowest BCUT2D eigenvalue weighted by Gasteiger charge is -2.14. The van der Waals surface area contributed by atoms with Gasteiger partial charge < -0.3 is 5.32 Å². The van der Waals surface area contributed by atoms with E-state index in [1.54, 1.807) is 6.08 Å². The number of aromatic nitrogens is 2. The van der Waals surface area contributed by atoms with Gasteiger partial charge in [-0.15, -0.1) is 13.0 Å². The number of allylic oxidation sites excluding steroid dienone is 1. The summed E-state index contributed by atoms with van der Waals surface area (Å²) < 4.78 is 1.24. The highest BCUT2D eigenvalue weighted by Crippen LogP contribution is 2.17. The summed E-state index contributed by atoms with van der Waals surface area (Å²) in [5.74, 6) is 2.62. The fraction of sp³-hybridized carbons (Fsp3) is 0.385. The Morgan fingerprint density at radius 1 is 1.78 bits per heavy atom. The van der Waals surface area contributed by atoms with E-state index in [0.29, 0.717) is 12.2 Å². The highest BCUT2D eigenvalue weighted by atomic mass is 35.5. The standard InChI is InChI=1S/C13H16ClN3O/c1-4-7-10(6-3)16-11-9-15-17(8-5-2)13(18)12(11)14/h3,5,9-10,16H,2,4,7-8H2,1H3. The Bertz CT molecular complexity index is 516. The van der Waals surface area contributed by atoms with Gasteiger partial charge >= 0.3 is 0 Å². The molecule has 0 radical (unpaired) electrons. The second-order valence-corrected chi connectivity index (χ2v) is 4.18. The van der Waals surface area contributed by atoms with Gasteiger partial charge in [0.25, 0.3) is 5.56 Å². The Morgan fingerprint density at radius 3 is 3.06 bits per heavy atom. The van der Waals surface area contributed by atoms with Crippen molar-refractivity contribution < 1.29 is 0 Å². The maximum absolute atomic E-state index is 11.8. The average Bonchev–Trinajstić information content (AvgIpc) is 2.37. The molecule has 0 amide bonds. The molecule has 18 heavy (non-hydrogen) atoms. The molecule has 5 heteroatoms. The Morgan fingerprint density at radius 2 is 2.50 bits per heavy atom. The van der Waals surface area contributed by atoms with E-state index in [2.05, 4.69) is 22.9 Å². The lowest BCUT2D eigenvalue weighted by molar-refractivity contribution is 0.651. The van der Waals surface area contributed by atoms with Gasteiger partial charge in [-0.3, -0.25) is 4.79 Å². The highest BCUT2D eigenvalue weighted by molar-refractivity contribution is 6.32. The zero-order valence-electron chi connectivity index (χ0n) is 10.3. The lowest BCUT2D eigenvalue weighted by Crippen LogP contribution is -2.25. The van der Waals surface area contributed by atoms with Gasteiger partial charge in [-0.1, -0.05) is 36.9 Å². The van der Waals surface area contributed by atoms with Crippen molar-refractivity contribution in [3.8, 4) is 12.3 Å². The fourth-order valence-corrected chi connectivity index (χ4v) is 1.69. The summed E-state index contributed by atoms with van der Waals surface area (Å²) in [6.45, 7) is 5.91. The molecule has 1 aromatic rings. The molecule has 0 aliphatic carbocycles. The van der Waals surface area contributed by atoms with Crippen molar-refractivity contribution in [2.75, 3.05) is 5.32 Å². The van der Waals surface area contributed by atoms with Crippen LogP contribution >= 0.6 is 11.6 Å². The van der Waals surface area contributed by atoms with E-state index in [1.807, 2.05) is 6.92 Å². The molecule has 0 bridgehead atoms. The normalized spacial score (nSPS) is 11.6. The average molecular weight is 266 g/mol. The Labute approximate surface area is 112 Å². The van der Waals surface area contributed by atoms with Gasteiger partial charge in [0.05, 0.1) is 24.5 Å². The van der Waals surface area contributed by atoms with Crippen LogP contribution in [0.3, 0.4) is 0 Å². The molecular weight excluding hydrogens is 250 g/mol. The maximum atomic E-state index is 11.8. The number of halogens is 1. The quantitative estimate of drug-likeness (QED) is 0.634. The van der Waals surface area contributed by atoms with Gasteiger partial charge in [-0.2, -0.15) is 5.10 Å². The molecule has 1 N–H and O–H groups in total. The zero-order chi connectivity index (χ0) is 13.5. The van der Waals surface area contributed by atoms with Crippen molar-refractivity contribution in [2.45, 2.75) is 32.4 Å². The molecule has 1 rings (SSSR count). The van der Waals surface area contributed by atoms with E-state index in [0.717, 1.165) is 12.8 Å². The number of nitrogens with zero attached hydrogens (tertiary/aromatic N) is 2. The molecule has 0 saturated carbocycles. The van der Waals surface area contributed by atoms with Gasteiger partial charge in [-0.25, -0.2) is 4.68 Å². The largest absolute Gasteiger partial charge is 0.369 e. The third kappa shape index (κ3) is 3.38. The van der Waals surface area contributed by atoms with Crippen LogP contribution in [0, 0.1) is 12.3 Å². The first-order chi connectivity index (χ1) is 8.63. The summed E-state index contributed by atoms with van der Waals surface area (Å²) in [4.78, 5) is 11.8. The Hall–Kier alpha value is -1.73.